The zero-order valence-electron chi connectivity index (χ0n) is 13.5. The van der Waals surface area contributed by atoms with Crippen molar-refractivity contribution in [3.05, 3.63) is 69.9 Å². The van der Waals surface area contributed by atoms with E-state index >= 15 is 0 Å². The maximum Gasteiger partial charge on any atom is 0.396 e. The molecule has 0 aliphatic carbocycles. The van der Waals surface area contributed by atoms with Crippen LogP contribution < -0.4 is 9.66 Å². The van der Waals surface area contributed by atoms with Crippen LogP contribution in [-0.2, 0) is 10.0 Å². The van der Waals surface area contributed by atoms with E-state index in [2.05, 4.69) is 4.72 Å². The van der Waals surface area contributed by atoms with Gasteiger partial charge >= 0.3 is 10.9 Å². The second-order valence-electron chi connectivity index (χ2n) is 5.69. The highest BCUT2D eigenvalue weighted by Gasteiger charge is 2.18. The van der Waals surface area contributed by atoms with E-state index in [1.807, 2.05) is 0 Å². The zero-order valence-corrected chi connectivity index (χ0v) is 15.1. The van der Waals surface area contributed by atoms with Gasteiger partial charge in [0.2, 0.25) is 0 Å². The molecule has 0 unspecified atom stereocenters. The van der Waals surface area contributed by atoms with E-state index in [-0.39, 0.29) is 10.5 Å². The van der Waals surface area contributed by atoms with Crippen LogP contribution in [0.2, 0.25) is 0 Å². The fourth-order valence-electron chi connectivity index (χ4n) is 2.76. The first kappa shape index (κ1) is 17.3. The summed E-state index contributed by atoms with van der Waals surface area (Å²) in [6.07, 6.45) is 0. The molecule has 7 nitrogen and oxygen atoms in total. The number of carboxylic acids is 1. The normalized spacial score (nSPS) is 11.7. The quantitative estimate of drug-likeness (QED) is 0.541. The Bertz CT molecular complexity index is 1350. The third-order valence-electron chi connectivity index (χ3n) is 4.00. The summed E-state index contributed by atoms with van der Waals surface area (Å²) < 4.78 is 33.7. The highest BCUT2D eigenvalue weighted by Crippen LogP contribution is 2.34. The molecule has 0 atom stereocenters. The Hall–Kier alpha value is -3.17. The van der Waals surface area contributed by atoms with Crippen LogP contribution in [0.1, 0.15) is 10.4 Å². The van der Waals surface area contributed by atoms with Crippen LogP contribution in [-0.4, -0.2) is 19.5 Å². The minimum Gasteiger partial charge on any atom is -0.478 e. The third kappa shape index (κ3) is 3.07. The number of aromatic carboxylic acids is 1. The van der Waals surface area contributed by atoms with E-state index in [0.717, 1.165) is 11.3 Å². The van der Waals surface area contributed by atoms with E-state index in [4.69, 9.17) is 9.52 Å². The van der Waals surface area contributed by atoms with E-state index < -0.39 is 20.9 Å². The molecule has 3 aromatic carbocycles. The number of carboxylic acid groups (broad SMARTS) is 1. The van der Waals surface area contributed by atoms with Gasteiger partial charge in [0, 0.05) is 10.8 Å². The Kier molecular flexibility index (Phi) is 3.97. The molecule has 4 aromatic rings. The van der Waals surface area contributed by atoms with Gasteiger partial charge in [0.15, 0.2) is 5.58 Å². The SMILES string of the molecule is O=C(O)c1ccc(S(=O)(=O)Nc2cc3sc(=O)oc3c3ccccc23)cc1. The fourth-order valence-corrected chi connectivity index (χ4v) is 4.56. The molecular formula is C18H11NO6S2. The number of hydrogen-bond donors (Lipinski definition) is 2. The van der Waals surface area contributed by atoms with Crippen molar-refractivity contribution in [2.24, 2.45) is 0 Å². The number of hydrogen-bond acceptors (Lipinski definition) is 6. The molecule has 0 aliphatic heterocycles. The summed E-state index contributed by atoms with van der Waals surface area (Å²) in [6, 6.07) is 13.4. The molecule has 2 N–H and O–H groups in total. The van der Waals surface area contributed by atoms with Crippen molar-refractivity contribution in [3.63, 3.8) is 0 Å². The highest BCUT2D eigenvalue weighted by molar-refractivity contribution is 7.92. The first-order chi connectivity index (χ1) is 12.8. The van der Waals surface area contributed by atoms with Crippen LogP contribution in [0.15, 0.2) is 68.7 Å². The summed E-state index contributed by atoms with van der Waals surface area (Å²) >= 11 is 0.886. The van der Waals surface area contributed by atoms with Gasteiger partial charge < -0.3 is 9.52 Å². The van der Waals surface area contributed by atoms with E-state index in [0.29, 0.717) is 26.7 Å². The lowest BCUT2D eigenvalue weighted by molar-refractivity contribution is 0.0696. The summed E-state index contributed by atoms with van der Waals surface area (Å²) in [6.45, 7) is 0. The maximum atomic E-state index is 12.7. The van der Waals surface area contributed by atoms with Gasteiger partial charge in [-0.3, -0.25) is 4.72 Å². The van der Waals surface area contributed by atoms with E-state index in [1.165, 1.54) is 24.3 Å². The molecule has 0 radical (unpaired) electrons. The Labute approximate surface area is 156 Å². The standard InChI is InChI=1S/C18H11NO6S2/c20-17(21)10-5-7-11(8-6-10)27(23,24)19-14-9-15-16(25-18(22)26-15)13-4-2-1-3-12(13)14/h1-9,19H,(H,20,21). The van der Waals surface area contributed by atoms with Gasteiger partial charge in [-0.15, -0.1) is 0 Å². The first-order valence-electron chi connectivity index (χ1n) is 7.67. The molecule has 4 rings (SSSR count). The van der Waals surface area contributed by atoms with Crippen molar-refractivity contribution in [2.45, 2.75) is 4.90 Å². The molecule has 0 spiro atoms. The summed E-state index contributed by atoms with van der Waals surface area (Å²) in [5, 5.41) is 10.1. The van der Waals surface area contributed by atoms with E-state index in [9.17, 15) is 18.0 Å². The largest absolute Gasteiger partial charge is 0.478 e. The van der Waals surface area contributed by atoms with Gasteiger partial charge in [-0.25, -0.2) is 18.0 Å². The average Bonchev–Trinajstić information content (AvgIpc) is 3.02. The molecule has 0 saturated heterocycles. The van der Waals surface area contributed by atoms with Gasteiger partial charge in [0.05, 0.1) is 20.8 Å². The second-order valence-corrected chi connectivity index (χ2v) is 8.35. The lowest BCUT2D eigenvalue weighted by atomic mass is 10.1. The van der Waals surface area contributed by atoms with Crippen molar-refractivity contribution in [1.82, 2.24) is 0 Å². The van der Waals surface area contributed by atoms with Gasteiger partial charge in [0.1, 0.15) is 0 Å². The average molecular weight is 401 g/mol. The number of benzene rings is 3. The lowest BCUT2D eigenvalue weighted by Crippen LogP contribution is -2.13. The highest BCUT2D eigenvalue weighted by atomic mass is 32.2. The van der Waals surface area contributed by atoms with Crippen LogP contribution >= 0.6 is 11.3 Å². The zero-order chi connectivity index (χ0) is 19.2. The predicted octanol–water partition coefficient (Wildman–Crippen LogP) is 3.51. The van der Waals surface area contributed by atoms with Gasteiger partial charge in [-0.05, 0) is 30.3 Å². The molecular weight excluding hydrogens is 390 g/mol. The molecule has 0 aliphatic rings. The number of nitrogens with one attached hydrogen (secondary N) is 1. The summed E-state index contributed by atoms with van der Waals surface area (Å²) in [7, 11) is -3.96. The van der Waals surface area contributed by atoms with Crippen molar-refractivity contribution < 1.29 is 22.7 Å². The summed E-state index contributed by atoms with van der Waals surface area (Å²) in [5.74, 6) is -1.14. The molecule has 9 heteroatoms. The number of rotatable bonds is 4. The molecule has 27 heavy (non-hydrogen) atoms. The fraction of sp³-hybridized carbons (Fsp3) is 0. The van der Waals surface area contributed by atoms with E-state index in [1.54, 1.807) is 30.3 Å². The Balaban J connectivity index is 1.84. The first-order valence-corrected chi connectivity index (χ1v) is 9.97. The summed E-state index contributed by atoms with van der Waals surface area (Å²) in [4.78, 5) is 22.0. The van der Waals surface area contributed by atoms with Gasteiger partial charge in [-0.2, -0.15) is 0 Å². The number of sulfonamides is 1. The van der Waals surface area contributed by atoms with Crippen molar-refractivity contribution in [1.29, 1.82) is 0 Å². The topological polar surface area (TPSA) is 114 Å². The molecule has 1 heterocycles. The lowest BCUT2D eigenvalue weighted by Gasteiger charge is -2.11. The van der Waals surface area contributed by atoms with Crippen LogP contribution in [0.3, 0.4) is 0 Å². The van der Waals surface area contributed by atoms with Crippen molar-refractivity contribution in [3.8, 4) is 0 Å². The molecule has 0 saturated carbocycles. The second kappa shape index (κ2) is 6.22. The third-order valence-corrected chi connectivity index (χ3v) is 6.15. The Morgan fingerprint density at radius 2 is 1.70 bits per heavy atom. The maximum absolute atomic E-state index is 12.7. The Morgan fingerprint density at radius 3 is 2.37 bits per heavy atom. The molecule has 136 valence electrons. The predicted molar refractivity (Wildman–Crippen MR) is 102 cm³/mol. The van der Waals surface area contributed by atoms with Crippen LogP contribution in [0, 0.1) is 0 Å². The monoisotopic (exact) mass is 401 g/mol. The number of carbonyl (C=O) groups is 1. The molecule has 0 amide bonds. The molecule has 0 bridgehead atoms. The van der Waals surface area contributed by atoms with Gasteiger partial charge in [0.25, 0.3) is 10.0 Å². The Morgan fingerprint density at radius 1 is 1.04 bits per heavy atom. The van der Waals surface area contributed by atoms with Gasteiger partial charge in [-0.1, -0.05) is 35.6 Å². The minimum atomic E-state index is -3.96. The van der Waals surface area contributed by atoms with Crippen LogP contribution in [0.4, 0.5) is 5.69 Å². The number of anilines is 1. The van der Waals surface area contributed by atoms with Crippen molar-refractivity contribution in [2.75, 3.05) is 4.72 Å². The molecule has 0 fully saturated rings. The smallest absolute Gasteiger partial charge is 0.396 e. The molecule has 1 aromatic heterocycles. The summed E-state index contributed by atoms with van der Waals surface area (Å²) in [5.41, 5.74) is 0.704. The minimum absolute atomic E-state index is 0.0102. The van der Waals surface area contributed by atoms with Crippen LogP contribution in [0.5, 0.6) is 0 Å². The van der Waals surface area contributed by atoms with Crippen molar-refractivity contribution >= 4 is 54.1 Å². The van der Waals surface area contributed by atoms with Crippen LogP contribution in [0.25, 0.3) is 21.1 Å². The number of fused-ring (bicyclic) bond motifs is 3.